The van der Waals surface area contributed by atoms with E-state index in [2.05, 4.69) is 32.6 Å². The SMILES string of the molecule is CCNC(=O)CN1CCN(C(=O)NCC(c2ccccc2)N(C)C)CC1. The summed E-state index contributed by atoms with van der Waals surface area (Å²) in [5, 5.41) is 5.86. The summed E-state index contributed by atoms with van der Waals surface area (Å²) in [6, 6.07) is 10.3. The molecule has 7 nitrogen and oxygen atoms in total. The van der Waals surface area contributed by atoms with E-state index in [1.54, 1.807) is 0 Å². The van der Waals surface area contributed by atoms with Crippen molar-refractivity contribution in [3.05, 3.63) is 35.9 Å². The smallest absolute Gasteiger partial charge is 0.317 e. The molecule has 1 unspecified atom stereocenters. The molecule has 2 rings (SSSR count). The van der Waals surface area contributed by atoms with Crippen LogP contribution in [0.1, 0.15) is 18.5 Å². The fraction of sp³-hybridized carbons (Fsp3) is 0.579. The van der Waals surface area contributed by atoms with Crippen LogP contribution in [0.25, 0.3) is 0 Å². The standard InChI is InChI=1S/C19H31N5O2/c1-4-20-18(25)15-23-10-12-24(13-11-23)19(26)21-14-17(22(2)3)16-8-6-5-7-9-16/h5-9,17H,4,10-15H2,1-3H3,(H,20,25)(H,21,26). The Bertz CT molecular complexity index is 571. The predicted octanol–water partition coefficient (Wildman–Crippen LogP) is 0.753. The highest BCUT2D eigenvalue weighted by molar-refractivity contribution is 5.78. The Balaban J connectivity index is 1.79. The Morgan fingerprint density at radius 1 is 1.08 bits per heavy atom. The number of nitrogens with zero attached hydrogens (tertiary/aromatic N) is 3. The number of likely N-dealkylation sites (N-methyl/N-ethyl adjacent to an activating group) is 2. The van der Waals surface area contributed by atoms with Crippen molar-refractivity contribution in [2.24, 2.45) is 0 Å². The van der Waals surface area contributed by atoms with Crippen LogP contribution in [-0.4, -0.2) is 86.5 Å². The second-order valence-corrected chi connectivity index (χ2v) is 6.79. The van der Waals surface area contributed by atoms with Gasteiger partial charge in [-0.25, -0.2) is 4.79 Å². The summed E-state index contributed by atoms with van der Waals surface area (Å²) in [4.78, 5) is 30.2. The summed E-state index contributed by atoms with van der Waals surface area (Å²) >= 11 is 0. The average molecular weight is 361 g/mol. The van der Waals surface area contributed by atoms with Crippen molar-refractivity contribution >= 4 is 11.9 Å². The summed E-state index contributed by atoms with van der Waals surface area (Å²) < 4.78 is 0. The largest absolute Gasteiger partial charge is 0.355 e. The van der Waals surface area contributed by atoms with Gasteiger partial charge in [-0.15, -0.1) is 0 Å². The molecule has 0 aromatic heterocycles. The zero-order chi connectivity index (χ0) is 18.9. The third-order valence-corrected chi connectivity index (χ3v) is 4.65. The Morgan fingerprint density at radius 2 is 1.73 bits per heavy atom. The molecule has 0 spiro atoms. The molecule has 1 heterocycles. The maximum absolute atomic E-state index is 12.5. The lowest BCUT2D eigenvalue weighted by Gasteiger charge is -2.35. The van der Waals surface area contributed by atoms with Gasteiger partial charge in [-0.3, -0.25) is 9.69 Å². The molecular formula is C19H31N5O2. The van der Waals surface area contributed by atoms with Gasteiger partial charge in [-0.2, -0.15) is 0 Å². The van der Waals surface area contributed by atoms with Crippen molar-refractivity contribution in [2.45, 2.75) is 13.0 Å². The highest BCUT2D eigenvalue weighted by atomic mass is 16.2. The summed E-state index contributed by atoms with van der Waals surface area (Å²) in [6.45, 7) is 6.26. The van der Waals surface area contributed by atoms with Crippen LogP contribution in [0.15, 0.2) is 30.3 Å². The first-order valence-electron chi connectivity index (χ1n) is 9.24. The minimum atomic E-state index is -0.0366. The molecule has 0 bridgehead atoms. The first-order valence-corrected chi connectivity index (χ1v) is 9.24. The number of piperazine rings is 1. The summed E-state index contributed by atoms with van der Waals surface area (Å²) in [7, 11) is 4.04. The maximum atomic E-state index is 12.5. The van der Waals surface area contributed by atoms with Gasteiger partial charge in [0.1, 0.15) is 0 Å². The zero-order valence-corrected chi connectivity index (χ0v) is 16.1. The second-order valence-electron chi connectivity index (χ2n) is 6.79. The van der Waals surface area contributed by atoms with Gasteiger partial charge < -0.3 is 20.4 Å². The lowest BCUT2D eigenvalue weighted by Crippen LogP contribution is -2.54. The first kappa shape index (κ1) is 20.2. The van der Waals surface area contributed by atoms with E-state index in [0.29, 0.717) is 32.7 Å². The molecule has 1 fully saturated rings. The van der Waals surface area contributed by atoms with Gasteiger partial charge >= 0.3 is 6.03 Å². The van der Waals surface area contributed by atoms with E-state index >= 15 is 0 Å². The van der Waals surface area contributed by atoms with Gasteiger partial charge in [-0.1, -0.05) is 30.3 Å². The fourth-order valence-electron chi connectivity index (χ4n) is 3.13. The van der Waals surface area contributed by atoms with Crippen molar-refractivity contribution in [1.82, 2.24) is 25.3 Å². The number of rotatable bonds is 7. The molecule has 0 aliphatic carbocycles. The molecule has 1 saturated heterocycles. The van der Waals surface area contributed by atoms with Gasteiger partial charge in [0.05, 0.1) is 12.6 Å². The monoisotopic (exact) mass is 361 g/mol. The first-order chi connectivity index (χ1) is 12.5. The minimum Gasteiger partial charge on any atom is -0.355 e. The lowest BCUT2D eigenvalue weighted by molar-refractivity contribution is -0.122. The summed E-state index contributed by atoms with van der Waals surface area (Å²) in [6.07, 6.45) is 0. The molecule has 1 aromatic carbocycles. The lowest BCUT2D eigenvalue weighted by atomic mass is 10.1. The molecule has 1 aromatic rings. The molecule has 0 radical (unpaired) electrons. The van der Waals surface area contributed by atoms with Crippen molar-refractivity contribution in [1.29, 1.82) is 0 Å². The van der Waals surface area contributed by atoms with Crippen LogP contribution < -0.4 is 10.6 Å². The zero-order valence-electron chi connectivity index (χ0n) is 16.1. The summed E-state index contributed by atoms with van der Waals surface area (Å²) in [5.41, 5.74) is 1.18. The van der Waals surface area contributed by atoms with E-state index in [-0.39, 0.29) is 18.0 Å². The van der Waals surface area contributed by atoms with Gasteiger partial charge in [-0.05, 0) is 26.6 Å². The predicted molar refractivity (Wildman–Crippen MR) is 103 cm³/mol. The number of carbonyl (C=O) groups is 2. The van der Waals surface area contributed by atoms with Crippen LogP contribution in [0.2, 0.25) is 0 Å². The minimum absolute atomic E-state index is 0.0366. The van der Waals surface area contributed by atoms with E-state index in [4.69, 9.17) is 0 Å². The number of carbonyl (C=O) groups excluding carboxylic acids is 2. The maximum Gasteiger partial charge on any atom is 0.317 e. The highest BCUT2D eigenvalue weighted by Gasteiger charge is 2.23. The van der Waals surface area contributed by atoms with Crippen LogP contribution in [0.3, 0.4) is 0 Å². The number of hydrogen-bond acceptors (Lipinski definition) is 4. The molecule has 26 heavy (non-hydrogen) atoms. The number of hydrogen-bond donors (Lipinski definition) is 2. The van der Waals surface area contributed by atoms with Crippen LogP contribution in [0.5, 0.6) is 0 Å². The summed E-state index contributed by atoms with van der Waals surface area (Å²) in [5.74, 6) is 0.0436. The molecule has 1 aliphatic rings. The third kappa shape index (κ3) is 6.00. The van der Waals surface area contributed by atoms with Crippen molar-refractivity contribution in [3.63, 3.8) is 0 Å². The number of benzene rings is 1. The van der Waals surface area contributed by atoms with Crippen LogP contribution in [0, 0.1) is 0 Å². The van der Waals surface area contributed by atoms with Crippen molar-refractivity contribution in [3.8, 4) is 0 Å². The Morgan fingerprint density at radius 3 is 2.31 bits per heavy atom. The van der Waals surface area contributed by atoms with E-state index in [1.807, 2.05) is 44.1 Å². The molecule has 2 N–H and O–H groups in total. The van der Waals surface area contributed by atoms with Crippen LogP contribution in [0.4, 0.5) is 4.79 Å². The molecular weight excluding hydrogens is 330 g/mol. The molecule has 1 atom stereocenters. The Kier molecular flexibility index (Phi) is 7.87. The van der Waals surface area contributed by atoms with Crippen molar-refractivity contribution < 1.29 is 9.59 Å². The van der Waals surface area contributed by atoms with E-state index < -0.39 is 0 Å². The number of urea groups is 1. The molecule has 3 amide bonds. The highest BCUT2D eigenvalue weighted by Crippen LogP contribution is 2.16. The normalized spacial score (nSPS) is 16.4. The second kappa shape index (κ2) is 10.1. The van der Waals surface area contributed by atoms with Crippen LogP contribution >= 0.6 is 0 Å². The Labute approximate surface area is 156 Å². The van der Waals surface area contributed by atoms with Gasteiger partial charge in [0, 0.05) is 39.3 Å². The van der Waals surface area contributed by atoms with E-state index in [9.17, 15) is 9.59 Å². The molecule has 144 valence electrons. The van der Waals surface area contributed by atoms with E-state index in [1.165, 1.54) is 5.56 Å². The number of nitrogens with one attached hydrogen (secondary N) is 2. The average Bonchev–Trinajstić information content (AvgIpc) is 2.63. The number of amides is 3. The van der Waals surface area contributed by atoms with E-state index in [0.717, 1.165) is 13.1 Å². The fourth-order valence-corrected chi connectivity index (χ4v) is 3.13. The third-order valence-electron chi connectivity index (χ3n) is 4.65. The molecule has 1 aliphatic heterocycles. The molecule has 7 heteroatoms. The van der Waals surface area contributed by atoms with Gasteiger partial charge in [0.25, 0.3) is 0 Å². The molecule has 0 saturated carbocycles. The topological polar surface area (TPSA) is 67.9 Å². The van der Waals surface area contributed by atoms with Crippen LogP contribution in [-0.2, 0) is 4.79 Å². The Hall–Kier alpha value is -2.12. The van der Waals surface area contributed by atoms with Gasteiger partial charge in [0.15, 0.2) is 0 Å². The van der Waals surface area contributed by atoms with Gasteiger partial charge in [0.2, 0.25) is 5.91 Å². The quantitative estimate of drug-likeness (QED) is 0.752. The van der Waals surface area contributed by atoms with Crippen molar-refractivity contribution in [2.75, 3.05) is 59.9 Å².